The lowest BCUT2D eigenvalue weighted by Crippen LogP contribution is -2.50. The van der Waals surface area contributed by atoms with Gasteiger partial charge < -0.3 is 9.47 Å². The monoisotopic (exact) mass is 283 g/mol. The average molecular weight is 283 g/mol. The van der Waals surface area contributed by atoms with Crippen LogP contribution >= 0.6 is 0 Å². The summed E-state index contributed by atoms with van der Waals surface area (Å²) in [5, 5.41) is 4.56. The molecule has 1 aromatic heterocycles. The summed E-state index contributed by atoms with van der Waals surface area (Å²) >= 11 is 0. The number of aromatic nitrogens is 2. The van der Waals surface area contributed by atoms with Crippen LogP contribution in [0, 0.1) is 0 Å². The van der Waals surface area contributed by atoms with E-state index in [1.54, 1.807) is 47.6 Å². The van der Waals surface area contributed by atoms with E-state index < -0.39 is 23.4 Å². The van der Waals surface area contributed by atoms with Crippen LogP contribution in [0.1, 0.15) is 41.5 Å². The molecule has 1 rings (SSSR count). The number of rotatable bonds is 1. The molecule has 1 aromatic rings. The second kappa shape index (κ2) is 5.52. The highest BCUT2D eigenvalue weighted by Gasteiger charge is 2.33. The van der Waals surface area contributed by atoms with Crippen molar-refractivity contribution >= 4 is 12.2 Å². The van der Waals surface area contributed by atoms with E-state index in [1.165, 1.54) is 12.4 Å². The lowest BCUT2D eigenvalue weighted by molar-refractivity contribution is 0.0359. The summed E-state index contributed by atoms with van der Waals surface area (Å²) in [6, 6.07) is 1.59. The first kappa shape index (κ1) is 16.0. The molecule has 0 aliphatic carbocycles. The highest BCUT2D eigenvalue weighted by Crippen LogP contribution is 2.13. The van der Waals surface area contributed by atoms with Crippen molar-refractivity contribution in [2.75, 3.05) is 5.01 Å². The molecule has 0 aromatic carbocycles. The molecule has 0 radical (unpaired) electrons. The van der Waals surface area contributed by atoms with E-state index >= 15 is 0 Å². The molecule has 0 N–H and O–H groups in total. The molecule has 0 spiro atoms. The predicted molar refractivity (Wildman–Crippen MR) is 72.9 cm³/mol. The Morgan fingerprint density at radius 1 is 1.00 bits per heavy atom. The third-order valence-electron chi connectivity index (χ3n) is 1.83. The van der Waals surface area contributed by atoms with Gasteiger partial charge in [-0.15, -0.1) is 0 Å². The Bertz CT molecular complexity index is 441. The molecule has 20 heavy (non-hydrogen) atoms. The molecular weight excluding hydrogens is 262 g/mol. The zero-order valence-corrected chi connectivity index (χ0v) is 12.7. The standard InChI is InChI=1S/C13H21N3O4/c1-12(2,3)19-10(17)16(15-9-7-8-14-15)11(18)20-13(4,5)6/h7-9H,1-6H3. The number of hydrogen-bond acceptors (Lipinski definition) is 5. The maximum Gasteiger partial charge on any atom is 0.441 e. The number of hydrogen-bond donors (Lipinski definition) is 0. The van der Waals surface area contributed by atoms with Crippen molar-refractivity contribution in [2.45, 2.75) is 52.7 Å². The minimum absolute atomic E-state index is 0.705. The van der Waals surface area contributed by atoms with Crippen LogP contribution in [0.4, 0.5) is 9.59 Å². The number of nitrogens with zero attached hydrogens (tertiary/aromatic N) is 3. The maximum absolute atomic E-state index is 12.1. The molecular formula is C13H21N3O4. The molecule has 0 fully saturated rings. The summed E-state index contributed by atoms with van der Waals surface area (Å²) in [5.41, 5.74) is -1.46. The zero-order valence-electron chi connectivity index (χ0n) is 12.7. The van der Waals surface area contributed by atoms with Crippen molar-refractivity contribution in [3.8, 4) is 0 Å². The van der Waals surface area contributed by atoms with Gasteiger partial charge in [-0.25, -0.2) is 9.59 Å². The van der Waals surface area contributed by atoms with E-state index in [4.69, 9.17) is 9.47 Å². The molecule has 0 atom stereocenters. The van der Waals surface area contributed by atoms with E-state index in [1.807, 2.05) is 0 Å². The van der Waals surface area contributed by atoms with Crippen molar-refractivity contribution in [3.05, 3.63) is 18.5 Å². The van der Waals surface area contributed by atoms with Gasteiger partial charge in [-0.3, -0.25) is 0 Å². The van der Waals surface area contributed by atoms with Crippen LogP contribution < -0.4 is 5.01 Å². The fourth-order valence-electron chi connectivity index (χ4n) is 1.23. The van der Waals surface area contributed by atoms with E-state index in [0.29, 0.717) is 5.01 Å². The first-order valence-corrected chi connectivity index (χ1v) is 6.26. The summed E-state index contributed by atoms with van der Waals surface area (Å²) in [6.45, 7) is 10.3. The molecule has 7 heteroatoms. The number of ether oxygens (including phenoxy) is 2. The van der Waals surface area contributed by atoms with Gasteiger partial charge in [-0.2, -0.15) is 9.89 Å². The van der Waals surface area contributed by atoms with Crippen LogP contribution in [0.2, 0.25) is 0 Å². The number of imide groups is 1. The minimum atomic E-state index is -0.851. The number of carbonyl (C=O) groups excluding carboxylic acids is 2. The van der Waals surface area contributed by atoms with Crippen molar-refractivity contribution in [1.29, 1.82) is 0 Å². The van der Waals surface area contributed by atoms with Crippen LogP contribution in [0.25, 0.3) is 0 Å². The fraction of sp³-hybridized carbons (Fsp3) is 0.615. The van der Waals surface area contributed by atoms with Gasteiger partial charge in [0.05, 0.1) is 6.20 Å². The Morgan fingerprint density at radius 2 is 1.45 bits per heavy atom. The molecule has 0 bridgehead atoms. The summed E-state index contributed by atoms with van der Waals surface area (Å²) in [4.78, 5) is 25.3. The SMILES string of the molecule is CC(C)(C)OC(=O)N(C(=O)OC(C)(C)C)n1cccn1. The van der Waals surface area contributed by atoms with Gasteiger partial charge in [0, 0.05) is 6.20 Å². The van der Waals surface area contributed by atoms with Gasteiger partial charge in [-0.1, -0.05) is 5.01 Å². The maximum atomic E-state index is 12.1. The third kappa shape index (κ3) is 4.91. The second-order valence-electron chi connectivity index (χ2n) is 6.20. The van der Waals surface area contributed by atoms with Crippen LogP contribution in [0.5, 0.6) is 0 Å². The Balaban J connectivity index is 2.98. The minimum Gasteiger partial charge on any atom is -0.442 e. The largest absolute Gasteiger partial charge is 0.442 e. The molecule has 112 valence electrons. The molecule has 0 aliphatic rings. The fourth-order valence-corrected chi connectivity index (χ4v) is 1.23. The second-order valence-corrected chi connectivity index (χ2v) is 6.20. The molecule has 0 aliphatic heterocycles. The topological polar surface area (TPSA) is 73.7 Å². The van der Waals surface area contributed by atoms with Gasteiger partial charge in [0.25, 0.3) is 0 Å². The quantitative estimate of drug-likeness (QED) is 0.792. The average Bonchev–Trinajstić information content (AvgIpc) is 2.64. The smallest absolute Gasteiger partial charge is 0.441 e. The summed E-state index contributed by atoms with van der Waals surface area (Å²) in [5.74, 6) is 0. The highest BCUT2D eigenvalue weighted by molar-refractivity contribution is 6.01. The molecule has 0 saturated heterocycles. The van der Waals surface area contributed by atoms with E-state index in [2.05, 4.69) is 5.10 Å². The van der Waals surface area contributed by atoms with Crippen molar-refractivity contribution < 1.29 is 19.1 Å². The normalized spacial score (nSPS) is 11.9. The zero-order chi connectivity index (χ0) is 15.6. The summed E-state index contributed by atoms with van der Waals surface area (Å²) < 4.78 is 10.4. The number of amides is 2. The van der Waals surface area contributed by atoms with Crippen LogP contribution in [0.3, 0.4) is 0 Å². The van der Waals surface area contributed by atoms with Crippen LogP contribution in [-0.4, -0.2) is 33.3 Å². The third-order valence-corrected chi connectivity index (χ3v) is 1.83. The van der Waals surface area contributed by atoms with Crippen molar-refractivity contribution in [2.24, 2.45) is 0 Å². The Labute approximate surface area is 118 Å². The van der Waals surface area contributed by atoms with Crippen LogP contribution in [0.15, 0.2) is 18.5 Å². The molecule has 2 amide bonds. The van der Waals surface area contributed by atoms with E-state index in [-0.39, 0.29) is 0 Å². The molecule has 0 saturated carbocycles. The first-order valence-electron chi connectivity index (χ1n) is 6.26. The summed E-state index contributed by atoms with van der Waals surface area (Å²) in [6.07, 6.45) is 1.20. The lowest BCUT2D eigenvalue weighted by atomic mass is 10.2. The summed E-state index contributed by atoms with van der Waals surface area (Å²) in [7, 11) is 0. The van der Waals surface area contributed by atoms with Gasteiger partial charge in [0.1, 0.15) is 11.2 Å². The Kier molecular flexibility index (Phi) is 4.42. The van der Waals surface area contributed by atoms with Gasteiger partial charge in [0.15, 0.2) is 0 Å². The predicted octanol–water partition coefficient (Wildman–Crippen LogP) is 2.69. The lowest BCUT2D eigenvalue weighted by Gasteiger charge is -2.27. The molecule has 7 nitrogen and oxygen atoms in total. The van der Waals surface area contributed by atoms with E-state index in [9.17, 15) is 9.59 Å². The first-order chi connectivity index (χ1) is 8.99. The number of carbonyl (C=O) groups is 2. The molecule has 1 heterocycles. The van der Waals surface area contributed by atoms with Gasteiger partial charge >= 0.3 is 12.2 Å². The van der Waals surface area contributed by atoms with Gasteiger partial charge in [0.2, 0.25) is 0 Å². The van der Waals surface area contributed by atoms with Crippen molar-refractivity contribution in [3.63, 3.8) is 0 Å². The van der Waals surface area contributed by atoms with E-state index in [0.717, 1.165) is 4.79 Å². The van der Waals surface area contributed by atoms with Crippen LogP contribution in [-0.2, 0) is 9.47 Å². The Morgan fingerprint density at radius 3 is 1.75 bits per heavy atom. The Hall–Kier alpha value is -2.05. The van der Waals surface area contributed by atoms with Gasteiger partial charge in [-0.05, 0) is 47.6 Å². The highest BCUT2D eigenvalue weighted by atomic mass is 16.6. The van der Waals surface area contributed by atoms with Crippen molar-refractivity contribution in [1.82, 2.24) is 9.89 Å². The molecule has 0 unspecified atom stereocenters.